The topological polar surface area (TPSA) is 36.4 Å². The Morgan fingerprint density at radius 1 is 1.07 bits per heavy atom. The molecule has 1 aromatic heterocycles. The van der Waals surface area contributed by atoms with Crippen LogP contribution in [0.25, 0.3) is 10.2 Å². The molecule has 148 valence electrons. The maximum absolute atomic E-state index is 14.1. The zero-order valence-corrected chi connectivity index (χ0v) is 17.2. The van der Waals surface area contributed by atoms with E-state index in [0.29, 0.717) is 22.9 Å². The number of anilines is 1. The van der Waals surface area contributed by atoms with Crippen molar-refractivity contribution in [2.45, 2.75) is 20.3 Å². The summed E-state index contributed by atoms with van der Waals surface area (Å²) in [5.74, 6) is -1.49. The quantitative estimate of drug-likeness (QED) is 0.615. The van der Waals surface area contributed by atoms with E-state index in [4.69, 9.17) is 0 Å². The first-order valence-electron chi connectivity index (χ1n) is 9.01. The van der Waals surface area contributed by atoms with E-state index >= 15 is 0 Å². The van der Waals surface area contributed by atoms with Crippen LogP contribution in [-0.4, -0.2) is 43.0 Å². The molecular formula is C21H23F2N3OS. The van der Waals surface area contributed by atoms with Gasteiger partial charge in [-0.3, -0.25) is 9.69 Å². The fourth-order valence-corrected chi connectivity index (χ4v) is 3.92. The Balaban J connectivity index is 1.92. The van der Waals surface area contributed by atoms with Crippen LogP contribution in [0.3, 0.4) is 0 Å². The molecule has 0 atom stereocenters. The molecule has 0 saturated carbocycles. The van der Waals surface area contributed by atoms with Crippen molar-refractivity contribution in [3.05, 3.63) is 58.7 Å². The van der Waals surface area contributed by atoms with Crippen LogP contribution in [0, 0.1) is 25.5 Å². The maximum atomic E-state index is 14.1. The molecule has 0 aliphatic carbocycles. The van der Waals surface area contributed by atoms with Crippen molar-refractivity contribution < 1.29 is 13.6 Å². The Bertz CT molecular complexity index is 1020. The molecular weight excluding hydrogens is 380 g/mol. The number of aryl methyl sites for hydroxylation is 2. The van der Waals surface area contributed by atoms with Crippen LogP contribution in [0.4, 0.5) is 13.9 Å². The zero-order chi connectivity index (χ0) is 20.4. The molecule has 28 heavy (non-hydrogen) atoms. The summed E-state index contributed by atoms with van der Waals surface area (Å²) in [4.78, 5) is 20.9. The molecule has 2 aromatic carbocycles. The minimum Gasteiger partial charge on any atom is -0.308 e. The summed E-state index contributed by atoms with van der Waals surface area (Å²) in [6.45, 7) is 5.09. The SMILES string of the molecule is Cc1ccc(CC(=O)N(CCN(C)C)c2nc3c(F)cc(F)cc3s2)cc1C. The molecule has 4 nitrogen and oxygen atoms in total. The zero-order valence-electron chi connectivity index (χ0n) is 16.4. The van der Waals surface area contributed by atoms with Crippen LogP contribution in [-0.2, 0) is 11.2 Å². The number of nitrogens with zero attached hydrogens (tertiary/aromatic N) is 3. The van der Waals surface area contributed by atoms with Gasteiger partial charge in [-0.15, -0.1) is 0 Å². The van der Waals surface area contributed by atoms with Crippen molar-refractivity contribution in [3.8, 4) is 0 Å². The first-order chi connectivity index (χ1) is 13.2. The summed E-state index contributed by atoms with van der Waals surface area (Å²) in [6.07, 6.45) is 0.224. The number of amides is 1. The molecule has 3 aromatic rings. The minimum absolute atomic E-state index is 0.0928. The molecule has 0 aliphatic heterocycles. The minimum atomic E-state index is -0.716. The lowest BCUT2D eigenvalue weighted by Gasteiger charge is -2.22. The first-order valence-corrected chi connectivity index (χ1v) is 9.83. The third-order valence-corrected chi connectivity index (χ3v) is 5.66. The highest BCUT2D eigenvalue weighted by molar-refractivity contribution is 7.22. The molecule has 0 N–H and O–H groups in total. The van der Waals surface area contributed by atoms with Gasteiger partial charge in [-0.2, -0.15) is 0 Å². The van der Waals surface area contributed by atoms with E-state index in [2.05, 4.69) is 4.98 Å². The van der Waals surface area contributed by atoms with Gasteiger partial charge in [0.2, 0.25) is 5.91 Å². The largest absolute Gasteiger partial charge is 0.308 e. The molecule has 0 aliphatic rings. The van der Waals surface area contributed by atoms with Gasteiger partial charge in [0.1, 0.15) is 11.3 Å². The fraction of sp³-hybridized carbons (Fsp3) is 0.333. The molecule has 0 saturated heterocycles. The number of hydrogen-bond donors (Lipinski definition) is 0. The lowest BCUT2D eigenvalue weighted by Crippen LogP contribution is -2.37. The van der Waals surface area contributed by atoms with Gasteiger partial charge < -0.3 is 4.90 Å². The van der Waals surface area contributed by atoms with Crippen LogP contribution in [0.15, 0.2) is 30.3 Å². The second-order valence-corrected chi connectivity index (χ2v) is 8.18. The molecule has 3 rings (SSSR count). The fourth-order valence-electron chi connectivity index (χ4n) is 2.87. The highest BCUT2D eigenvalue weighted by Gasteiger charge is 2.21. The lowest BCUT2D eigenvalue weighted by molar-refractivity contribution is -0.118. The Morgan fingerprint density at radius 2 is 1.82 bits per heavy atom. The van der Waals surface area contributed by atoms with Crippen molar-refractivity contribution in [1.29, 1.82) is 0 Å². The molecule has 7 heteroatoms. The molecule has 0 unspecified atom stereocenters. The summed E-state index contributed by atoms with van der Waals surface area (Å²) in [7, 11) is 3.83. The van der Waals surface area contributed by atoms with Crippen LogP contribution in [0.5, 0.6) is 0 Å². The van der Waals surface area contributed by atoms with Gasteiger partial charge in [0.25, 0.3) is 0 Å². The average molecular weight is 403 g/mol. The Kier molecular flexibility index (Phi) is 6.05. The number of hydrogen-bond acceptors (Lipinski definition) is 4. The Hall–Kier alpha value is -2.38. The van der Waals surface area contributed by atoms with Crippen LogP contribution >= 0.6 is 11.3 Å². The number of benzene rings is 2. The van der Waals surface area contributed by atoms with Crippen molar-refractivity contribution in [2.75, 3.05) is 32.1 Å². The maximum Gasteiger partial charge on any atom is 0.233 e. The van der Waals surface area contributed by atoms with Gasteiger partial charge in [-0.25, -0.2) is 13.8 Å². The van der Waals surface area contributed by atoms with E-state index in [1.54, 1.807) is 4.90 Å². The Morgan fingerprint density at radius 3 is 2.50 bits per heavy atom. The van der Waals surface area contributed by atoms with Crippen LogP contribution < -0.4 is 4.90 Å². The number of thiazole rings is 1. The highest BCUT2D eigenvalue weighted by atomic mass is 32.1. The van der Waals surface area contributed by atoms with Crippen LogP contribution in [0.2, 0.25) is 0 Å². The third-order valence-electron chi connectivity index (χ3n) is 4.63. The second-order valence-electron chi connectivity index (χ2n) is 7.17. The van der Waals surface area contributed by atoms with E-state index in [-0.39, 0.29) is 17.8 Å². The number of fused-ring (bicyclic) bond motifs is 1. The molecule has 0 spiro atoms. The van der Waals surface area contributed by atoms with E-state index in [9.17, 15) is 13.6 Å². The van der Waals surface area contributed by atoms with Gasteiger partial charge in [0.15, 0.2) is 10.9 Å². The Labute approximate surface area is 167 Å². The standard InChI is InChI=1S/C21H23F2N3OS/c1-13-5-6-15(9-14(13)2)10-19(27)26(8-7-25(3)4)21-24-20-17(23)11-16(22)12-18(20)28-21/h5-6,9,11-12H,7-8,10H2,1-4H3. The normalized spacial score (nSPS) is 11.4. The van der Waals surface area contributed by atoms with Gasteiger partial charge >= 0.3 is 0 Å². The van der Waals surface area contributed by atoms with E-state index in [1.807, 2.05) is 51.0 Å². The third kappa shape index (κ3) is 4.54. The van der Waals surface area contributed by atoms with Gasteiger partial charge in [0.05, 0.1) is 11.1 Å². The molecule has 0 radical (unpaired) electrons. The number of aromatic nitrogens is 1. The molecule has 1 heterocycles. The average Bonchev–Trinajstić information content (AvgIpc) is 3.02. The summed E-state index contributed by atoms with van der Waals surface area (Å²) < 4.78 is 28.0. The van der Waals surface area contributed by atoms with E-state index in [1.165, 1.54) is 11.6 Å². The second kappa shape index (κ2) is 8.32. The molecule has 1 amide bonds. The molecule has 0 fully saturated rings. The summed E-state index contributed by atoms with van der Waals surface area (Å²) in [5, 5.41) is 0.384. The predicted molar refractivity (Wildman–Crippen MR) is 110 cm³/mol. The number of rotatable bonds is 6. The molecule has 0 bridgehead atoms. The monoisotopic (exact) mass is 403 g/mol. The van der Waals surface area contributed by atoms with Crippen molar-refractivity contribution in [3.63, 3.8) is 0 Å². The number of halogens is 2. The number of carbonyl (C=O) groups is 1. The van der Waals surface area contributed by atoms with Gasteiger partial charge in [-0.1, -0.05) is 29.5 Å². The highest BCUT2D eigenvalue weighted by Crippen LogP contribution is 2.31. The van der Waals surface area contributed by atoms with Crippen LogP contribution in [0.1, 0.15) is 16.7 Å². The number of carbonyl (C=O) groups excluding carboxylic acids is 1. The smallest absolute Gasteiger partial charge is 0.233 e. The van der Waals surface area contributed by atoms with Crippen molar-refractivity contribution >= 4 is 32.6 Å². The van der Waals surface area contributed by atoms with Gasteiger partial charge in [-0.05, 0) is 50.7 Å². The first kappa shape index (κ1) is 20.4. The number of likely N-dealkylation sites (N-methyl/N-ethyl adjacent to an activating group) is 1. The summed E-state index contributed by atoms with van der Waals surface area (Å²) in [6, 6.07) is 8.00. The van der Waals surface area contributed by atoms with Crippen molar-refractivity contribution in [1.82, 2.24) is 9.88 Å². The summed E-state index contributed by atoms with van der Waals surface area (Å²) >= 11 is 1.13. The summed E-state index contributed by atoms with van der Waals surface area (Å²) in [5.41, 5.74) is 3.31. The van der Waals surface area contributed by atoms with E-state index in [0.717, 1.165) is 28.5 Å². The predicted octanol–water partition coefficient (Wildman–Crippen LogP) is 4.33. The van der Waals surface area contributed by atoms with Gasteiger partial charge in [0, 0.05) is 19.2 Å². The van der Waals surface area contributed by atoms with E-state index < -0.39 is 11.6 Å². The van der Waals surface area contributed by atoms with Crippen molar-refractivity contribution in [2.24, 2.45) is 0 Å². The lowest BCUT2D eigenvalue weighted by atomic mass is 10.0.